The van der Waals surface area contributed by atoms with Crippen molar-refractivity contribution in [1.29, 1.82) is 0 Å². The van der Waals surface area contributed by atoms with Crippen molar-refractivity contribution in [1.82, 2.24) is 29.2 Å². The summed E-state index contributed by atoms with van der Waals surface area (Å²) in [5.41, 5.74) is 10.3. The van der Waals surface area contributed by atoms with Crippen LogP contribution in [0.25, 0.3) is 21.9 Å². The fourth-order valence-electron chi connectivity index (χ4n) is 6.73. The van der Waals surface area contributed by atoms with E-state index in [1.807, 2.05) is 37.3 Å². The van der Waals surface area contributed by atoms with Crippen molar-refractivity contribution in [2.24, 2.45) is 0 Å². The zero-order chi connectivity index (χ0) is 31.8. The number of nitrogens with one attached hydrogen (secondary N) is 1. The van der Waals surface area contributed by atoms with Crippen LogP contribution in [0.1, 0.15) is 42.9 Å². The minimum Gasteiger partial charge on any atom is -0.436 e. The molecule has 6 rings (SSSR count). The summed E-state index contributed by atoms with van der Waals surface area (Å²) in [6.07, 6.45) is 3.25. The number of fused-ring (bicyclic) bond motifs is 3. The van der Waals surface area contributed by atoms with Gasteiger partial charge in [0.05, 0.1) is 33.5 Å². The summed E-state index contributed by atoms with van der Waals surface area (Å²) < 4.78 is 7.75. The molecule has 0 bridgehead atoms. The first-order chi connectivity index (χ1) is 21.6. The number of carbonyl (C=O) groups is 2. The Balaban J connectivity index is 1.16. The molecule has 2 aromatic carbocycles. The largest absolute Gasteiger partial charge is 0.436 e. The lowest BCUT2D eigenvalue weighted by Gasteiger charge is -2.37. The molecule has 45 heavy (non-hydrogen) atoms. The number of anilines is 1. The van der Waals surface area contributed by atoms with Crippen molar-refractivity contribution in [3.63, 3.8) is 0 Å². The van der Waals surface area contributed by atoms with Crippen LogP contribution in [0.3, 0.4) is 0 Å². The standard InChI is InChI=1S/C33H40ClN7O4/c1-20-16-21(17-25(34)29(20)35)18-28(31(42)39-12-8-22(9-13-39)38(2)3)45-33(44)40-14-10-23(11-15-40)41-27-19-36-26-7-5-4-6-24(26)30(27)37-32(41)43/h4-7,16-17,19,22-23,28H,8-15,18,35H2,1-3H3,(H,37,43)/t28-/m1/s1. The van der Waals surface area contributed by atoms with Gasteiger partial charge in [-0.3, -0.25) is 14.3 Å². The molecule has 3 N–H and O–H groups in total. The van der Waals surface area contributed by atoms with E-state index in [1.165, 1.54) is 0 Å². The second-order valence-electron chi connectivity index (χ2n) is 12.5. The number of H-pyrrole nitrogens is 1. The Hall–Kier alpha value is -4.09. The second kappa shape index (κ2) is 12.7. The summed E-state index contributed by atoms with van der Waals surface area (Å²) in [5.74, 6) is -0.203. The topological polar surface area (TPSA) is 130 Å². The molecule has 0 radical (unpaired) electrons. The maximum atomic E-state index is 13.8. The third-order valence-corrected chi connectivity index (χ3v) is 9.71. The van der Waals surface area contributed by atoms with Crippen LogP contribution in [0.4, 0.5) is 10.5 Å². The number of nitrogen functional groups attached to an aromatic ring is 1. The predicted octanol–water partition coefficient (Wildman–Crippen LogP) is 4.36. The van der Waals surface area contributed by atoms with Crippen molar-refractivity contribution in [3.05, 3.63) is 69.2 Å². The van der Waals surface area contributed by atoms with E-state index in [1.54, 1.807) is 26.6 Å². The van der Waals surface area contributed by atoms with Gasteiger partial charge in [-0.25, -0.2) is 9.59 Å². The molecule has 238 valence electrons. The first-order valence-corrected chi connectivity index (χ1v) is 15.9. The lowest BCUT2D eigenvalue weighted by atomic mass is 10.0. The summed E-state index contributed by atoms with van der Waals surface area (Å²) in [7, 11) is 4.10. The number of imidazole rings is 1. The highest BCUT2D eigenvalue weighted by molar-refractivity contribution is 6.33. The normalized spacial score (nSPS) is 17.4. The highest BCUT2D eigenvalue weighted by atomic mass is 35.5. The number of rotatable bonds is 6. The molecular weight excluding hydrogens is 594 g/mol. The maximum Gasteiger partial charge on any atom is 0.410 e. The molecule has 2 saturated heterocycles. The first kappa shape index (κ1) is 30.9. The Bertz CT molecular complexity index is 1760. The molecule has 2 aliphatic heterocycles. The molecule has 4 heterocycles. The average molecular weight is 634 g/mol. The highest BCUT2D eigenvalue weighted by Crippen LogP contribution is 2.29. The number of hydrogen-bond donors (Lipinski definition) is 2. The summed E-state index contributed by atoms with van der Waals surface area (Å²) in [6.45, 7) is 3.86. The summed E-state index contributed by atoms with van der Waals surface area (Å²) in [5, 5.41) is 1.30. The number of piperidine rings is 2. The number of aromatic nitrogens is 3. The van der Waals surface area contributed by atoms with Crippen LogP contribution in [-0.4, -0.2) is 93.7 Å². The Labute approximate surface area is 266 Å². The van der Waals surface area contributed by atoms with Crippen molar-refractivity contribution < 1.29 is 14.3 Å². The van der Waals surface area contributed by atoms with Crippen LogP contribution >= 0.6 is 11.6 Å². The lowest BCUT2D eigenvalue weighted by Crippen LogP contribution is -2.50. The van der Waals surface area contributed by atoms with E-state index in [9.17, 15) is 14.4 Å². The number of aryl methyl sites for hydroxylation is 1. The van der Waals surface area contributed by atoms with Crippen LogP contribution in [0, 0.1) is 6.92 Å². The smallest absolute Gasteiger partial charge is 0.410 e. The molecule has 0 spiro atoms. The lowest BCUT2D eigenvalue weighted by molar-refractivity contribution is -0.142. The van der Waals surface area contributed by atoms with Crippen LogP contribution < -0.4 is 11.4 Å². The summed E-state index contributed by atoms with van der Waals surface area (Å²) in [4.78, 5) is 53.6. The minimum absolute atomic E-state index is 0.103. The van der Waals surface area contributed by atoms with Crippen molar-refractivity contribution in [2.75, 3.05) is 46.0 Å². The van der Waals surface area contributed by atoms with E-state index in [-0.39, 0.29) is 24.1 Å². The van der Waals surface area contributed by atoms with E-state index in [0.29, 0.717) is 55.8 Å². The molecule has 0 aliphatic carbocycles. The van der Waals surface area contributed by atoms with Crippen molar-refractivity contribution in [2.45, 2.75) is 57.2 Å². The van der Waals surface area contributed by atoms with E-state index in [2.05, 4.69) is 29.0 Å². The number of ether oxygens (including phenoxy) is 1. The molecule has 12 heteroatoms. The number of nitrogens with two attached hydrogens (primary N) is 1. The van der Waals surface area contributed by atoms with Gasteiger partial charge in [0, 0.05) is 50.1 Å². The number of hydrogen-bond acceptors (Lipinski definition) is 7. The predicted molar refractivity (Wildman–Crippen MR) is 176 cm³/mol. The Morgan fingerprint density at radius 1 is 1.09 bits per heavy atom. The third-order valence-electron chi connectivity index (χ3n) is 9.40. The van der Waals surface area contributed by atoms with E-state index in [4.69, 9.17) is 22.1 Å². The number of amides is 2. The fourth-order valence-corrected chi connectivity index (χ4v) is 7.02. The molecule has 2 amide bonds. The first-order valence-electron chi connectivity index (χ1n) is 15.5. The van der Waals surface area contributed by atoms with Crippen LogP contribution in [0.2, 0.25) is 5.02 Å². The molecule has 2 aromatic heterocycles. The quantitative estimate of drug-likeness (QED) is 0.302. The third kappa shape index (κ3) is 6.24. The van der Waals surface area contributed by atoms with Gasteiger partial charge in [0.15, 0.2) is 6.10 Å². The summed E-state index contributed by atoms with van der Waals surface area (Å²) in [6, 6.07) is 11.6. The van der Waals surface area contributed by atoms with E-state index >= 15 is 0 Å². The van der Waals surface area contributed by atoms with Gasteiger partial charge < -0.3 is 30.2 Å². The van der Waals surface area contributed by atoms with Crippen LogP contribution in [0.15, 0.2) is 47.4 Å². The van der Waals surface area contributed by atoms with Gasteiger partial charge in [0.25, 0.3) is 5.91 Å². The Morgan fingerprint density at radius 2 is 1.78 bits per heavy atom. The Morgan fingerprint density at radius 3 is 2.47 bits per heavy atom. The van der Waals surface area contributed by atoms with E-state index < -0.39 is 12.2 Å². The Kier molecular flexibility index (Phi) is 8.74. The van der Waals surface area contributed by atoms with Gasteiger partial charge in [-0.2, -0.15) is 0 Å². The van der Waals surface area contributed by atoms with Gasteiger partial charge in [-0.15, -0.1) is 0 Å². The van der Waals surface area contributed by atoms with Crippen molar-refractivity contribution >= 4 is 51.2 Å². The number of halogens is 1. The fraction of sp³-hybridized carbons (Fsp3) is 0.455. The minimum atomic E-state index is -0.999. The van der Waals surface area contributed by atoms with Gasteiger partial charge in [0.1, 0.15) is 0 Å². The van der Waals surface area contributed by atoms with E-state index in [0.717, 1.165) is 45.9 Å². The monoisotopic (exact) mass is 633 g/mol. The molecule has 0 saturated carbocycles. The molecule has 0 unspecified atom stereocenters. The highest BCUT2D eigenvalue weighted by Gasteiger charge is 2.34. The molecular formula is C33H40ClN7O4. The van der Waals surface area contributed by atoms with Gasteiger partial charge in [-0.1, -0.05) is 35.9 Å². The number of para-hydroxylation sites is 1. The van der Waals surface area contributed by atoms with Crippen LogP contribution in [-0.2, 0) is 16.0 Å². The maximum absolute atomic E-state index is 13.8. The number of pyridine rings is 1. The van der Waals surface area contributed by atoms with Crippen molar-refractivity contribution in [3.8, 4) is 0 Å². The second-order valence-corrected chi connectivity index (χ2v) is 12.9. The zero-order valence-corrected chi connectivity index (χ0v) is 26.7. The molecule has 4 aromatic rings. The van der Waals surface area contributed by atoms with Gasteiger partial charge >= 0.3 is 11.8 Å². The van der Waals surface area contributed by atoms with Gasteiger partial charge in [-0.05, 0) is 70.0 Å². The molecule has 1 atom stereocenters. The SMILES string of the molecule is Cc1cc(C[C@@H](OC(=O)N2CCC(n3c(=O)[nH]c4c5ccccc5ncc43)CC2)C(=O)N2CCC(N(C)C)CC2)cc(Cl)c1N. The number of carbonyl (C=O) groups excluding carboxylic acids is 2. The van der Waals surface area contributed by atoms with Gasteiger partial charge in [0.2, 0.25) is 0 Å². The number of likely N-dealkylation sites (tertiary alicyclic amines) is 2. The number of aromatic amines is 1. The number of benzene rings is 2. The summed E-state index contributed by atoms with van der Waals surface area (Å²) >= 11 is 6.36. The van der Waals surface area contributed by atoms with Crippen LogP contribution in [0.5, 0.6) is 0 Å². The number of nitrogens with zero attached hydrogens (tertiary/aromatic N) is 5. The zero-order valence-electron chi connectivity index (χ0n) is 26.0. The molecule has 2 aliphatic rings. The molecule has 11 nitrogen and oxygen atoms in total. The molecule has 2 fully saturated rings. The average Bonchev–Trinajstić information content (AvgIpc) is 3.39.